The normalized spacial score (nSPS) is 11.0. The first-order valence-corrected chi connectivity index (χ1v) is 9.03. The van der Waals surface area contributed by atoms with Crippen molar-refractivity contribution in [1.29, 1.82) is 0 Å². The molecular weight excluding hydrogens is 398 g/mol. The van der Waals surface area contributed by atoms with Gasteiger partial charge >= 0.3 is 18.2 Å². The maximum atomic E-state index is 12.2. The van der Waals surface area contributed by atoms with Gasteiger partial charge in [-0.1, -0.05) is 41.9 Å². The summed E-state index contributed by atoms with van der Waals surface area (Å²) < 4.78 is 25.8. The molecule has 0 aliphatic carbocycles. The fourth-order valence-corrected chi connectivity index (χ4v) is 3.48. The highest BCUT2D eigenvalue weighted by molar-refractivity contribution is 7.98. The molecule has 2 amide bonds. The number of thioether (sulfide) groups is 1. The SMILES string of the molecule is O=C(NNC(=O)C(F)F)c1ncc2c(Cl)cc(SCc3ccccc3)cn12. The lowest BCUT2D eigenvalue weighted by molar-refractivity contribution is -0.132. The Morgan fingerprint density at radius 3 is 2.67 bits per heavy atom. The molecule has 1 aromatic carbocycles. The summed E-state index contributed by atoms with van der Waals surface area (Å²) in [6.07, 6.45) is -0.179. The summed E-state index contributed by atoms with van der Waals surface area (Å²) in [6.45, 7) is 0. The van der Waals surface area contributed by atoms with Crippen LogP contribution in [0.1, 0.15) is 16.2 Å². The van der Waals surface area contributed by atoms with Gasteiger partial charge in [-0.25, -0.2) is 4.98 Å². The van der Waals surface area contributed by atoms with Crippen molar-refractivity contribution in [1.82, 2.24) is 20.2 Å². The number of carbonyl (C=O) groups is 2. The first kappa shape index (κ1) is 19.1. The molecule has 0 atom stereocenters. The number of benzene rings is 1. The van der Waals surface area contributed by atoms with Gasteiger partial charge in [0.2, 0.25) is 5.82 Å². The van der Waals surface area contributed by atoms with Crippen molar-refractivity contribution < 1.29 is 18.4 Å². The minimum absolute atomic E-state index is 0.0939. The van der Waals surface area contributed by atoms with E-state index in [1.54, 1.807) is 17.7 Å². The molecule has 0 bridgehead atoms. The topological polar surface area (TPSA) is 75.5 Å². The van der Waals surface area contributed by atoms with Crippen LogP contribution in [0.3, 0.4) is 0 Å². The summed E-state index contributed by atoms with van der Waals surface area (Å²) >= 11 is 7.77. The zero-order chi connectivity index (χ0) is 19.4. The van der Waals surface area contributed by atoms with E-state index in [1.165, 1.54) is 22.4 Å². The maximum Gasteiger partial charge on any atom is 0.317 e. The molecular formula is C17H13ClF2N4O2S. The van der Waals surface area contributed by atoms with Crippen molar-refractivity contribution in [2.75, 3.05) is 0 Å². The predicted octanol–water partition coefficient (Wildman–Crippen LogP) is 3.31. The minimum atomic E-state index is -3.24. The van der Waals surface area contributed by atoms with Crippen molar-refractivity contribution in [3.05, 3.63) is 65.2 Å². The number of rotatable bonds is 5. The van der Waals surface area contributed by atoms with Crippen molar-refractivity contribution in [2.24, 2.45) is 0 Å². The van der Waals surface area contributed by atoms with E-state index in [1.807, 2.05) is 35.8 Å². The third-order valence-electron chi connectivity index (χ3n) is 3.52. The molecule has 2 aromatic heterocycles. The Morgan fingerprint density at radius 1 is 1.22 bits per heavy atom. The average molecular weight is 411 g/mol. The van der Waals surface area contributed by atoms with E-state index in [0.29, 0.717) is 16.3 Å². The number of fused-ring (bicyclic) bond motifs is 1. The highest BCUT2D eigenvalue weighted by Crippen LogP contribution is 2.28. The Morgan fingerprint density at radius 2 is 1.96 bits per heavy atom. The molecule has 0 aliphatic heterocycles. The third-order valence-corrected chi connectivity index (χ3v) is 4.85. The Balaban J connectivity index is 1.80. The van der Waals surface area contributed by atoms with Crippen LogP contribution in [0.2, 0.25) is 5.02 Å². The van der Waals surface area contributed by atoms with Crippen LogP contribution in [-0.4, -0.2) is 27.6 Å². The number of nitrogens with zero attached hydrogens (tertiary/aromatic N) is 2. The van der Waals surface area contributed by atoms with E-state index in [4.69, 9.17) is 11.6 Å². The zero-order valence-corrected chi connectivity index (χ0v) is 15.2. The number of hydrogen-bond acceptors (Lipinski definition) is 4. The van der Waals surface area contributed by atoms with Gasteiger partial charge in [-0.15, -0.1) is 11.8 Å². The van der Waals surface area contributed by atoms with E-state index < -0.39 is 18.2 Å². The Hall–Kier alpha value is -2.65. The highest BCUT2D eigenvalue weighted by atomic mass is 35.5. The van der Waals surface area contributed by atoms with E-state index >= 15 is 0 Å². The summed E-state index contributed by atoms with van der Waals surface area (Å²) in [7, 11) is 0. The minimum Gasteiger partial charge on any atom is -0.293 e. The van der Waals surface area contributed by atoms with Gasteiger partial charge in [0.15, 0.2) is 0 Å². The summed E-state index contributed by atoms with van der Waals surface area (Å²) in [5.74, 6) is -1.85. The number of nitrogens with one attached hydrogen (secondary N) is 2. The quantitative estimate of drug-likeness (QED) is 0.500. The molecule has 27 heavy (non-hydrogen) atoms. The summed E-state index contributed by atoms with van der Waals surface area (Å²) in [4.78, 5) is 27.8. The number of hydrogen-bond donors (Lipinski definition) is 2. The molecule has 3 rings (SSSR count). The third kappa shape index (κ3) is 4.55. The van der Waals surface area contributed by atoms with Crippen LogP contribution < -0.4 is 10.9 Å². The lowest BCUT2D eigenvalue weighted by Gasteiger charge is -2.08. The molecule has 0 saturated carbocycles. The van der Waals surface area contributed by atoms with Gasteiger partial charge in [0.1, 0.15) is 0 Å². The van der Waals surface area contributed by atoms with Crippen LogP contribution in [0.25, 0.3) is 5.52 Å². The second-order valence-corrected chi connectivity index (χ2v) is 6.84. The van der Waals surface area contributed by atoms with Gasteiger partial charge in [-0.05, 0) is 11.6 Å². The van der Waals surface area contributed by atoms with Crippen molar-refractivity contribution in [3.8, 4) is 0 Å². The summed E-state index contributed by atoms with van der Waals surface area (Å²) in [5, 5.41) is 0.385. The number of aromatic nitrogens is 2. The molecule has 0 unspecified atom stereocenters. The lowest BCUT2D eigenvalue weighted by atomic mass is 10.2. The first-order chi connectivity index (χ1) is 13.0. The molecule has 3 aromatic rings. The van der Waals surface area contributed by atoms with E-state index in [0.717, 1.165) is 10.5 Å². The van der Waals surface area contributed by atoms with Crippen LogP contribution in [0.5, 0.6) is 0 Å². The second-order valence-electron chi connectivity index (χ2n) is 5.38. The number of pyridine rings is 1. The number of hydrazine groups is 1. The zero-order valence-electron chi connectivity index (χ0n) is 13.7. The Labute approximate surface area is 161 Å². The molecule has 0 aliphatic rings. The first-order valence-electron chi connectivity index (χ1n) is 7.67. The molecule has 0 radical (unpaired) electrons. The van der Waals surface area contributed by atoms with Crippen molar-refractivity contribution in [3.63, 3.8) is 0 Å². The summed E-state index contributed by atoms with van der Waals surface area (Å²) in [6, 6.07) is 11.6. The Bertz CT molecular complexity index is 982. The second kappa shape index (κ2) is 8.36. The molecule has 0 fully saturated rings. The van der Waals surface area contributed by atoms with Gasteiger partial charge in [0, 0.05) is 16.8 Å². The van der Waals surface area contributed by atoms with Crippen LogP contribution in [-0.2, 0) is 10.5 Å². The average Bonchev–Trinajstić information content (AvgIpc) is 3.09. The lowest BCUT2D eigenvalue weighted by Crippen LogP contribution is -2.44. The number of halogens is 3. The summed E-state index contributed by atoms with van der Waals surface area (Å²) in [5.41, 5.74) is 5.13. The van der Waals surface area contributed by atoms with E-state index in [9.17, 15) is 18.4 Å². The van der Waals surface area contributed by atoms with Crippen LogP contribution in [0, 0.1) is 0 Å². The maximum absolute atomic E-state index is 12.2. The molecule has 6 nitrogen and oxygen atoms in total. The number of amides is 2. The van der Waals surface area contributed by atoms with E-state index in [2.05, 4.69) is 4.98 Å². The van der Waals surface area contributed by atoms with Crippen molar-refractivity contribution >= 4 is 40.7 Å². The fourth-order valence-electron chi connectivity index (χ4n) is 2.25. The molecule has 0 spiro atoms. The largest absolute Gasteiger partial charge is 0.317 e. The molecule has 2 heterocycles. The van der Waals surface area contributed by atoms with Crippen molar-refractivity contribution in [2.45, 2.75) is 17.1 Å². The fraction of sp³-hybridized carbons (Fsp3) is 0.118. The van der Waals surface area contributed by atoms with Gasteiger partial charge < -0.3 is 0 Å². The predicted molar refractivity (Wildman–Crippen MR) is 97.8 cm³/mol. The monoisotopic (exact) mass is 410 g/mol. The highest BCUT2D eigenvalue weighted by Gasteiger charge is 2.19. The van der Waals surface area contributed by atoms with Gasteiger partial charge in [-0.2, -0.15) is 8.78 Å². The molecule has 0 saturated heterocycles. The van der Waals surface area contributed by atoms with E-state index in [-0.39, 0.29) is 5.82 Å². The van der Waals surface area contributed by atoms with Crippen LogP contribution in [0.15, 0.2) is 53.7 Å². The molecule has 2 N–H and O–H groups in total. The number of carbonyl (C=O) groups excluding carboxylic acids is 2. The Kier molecular flexibility index (Phi) is 5.92. The smallest absolute Gasteiger partial charge is 0.293 e. The van der Waals surface area contributed by atoms with Gasteiger partial charge in [0.25, 0.3) is 0 Å². The number of imidazole rings is 1. The van der Waals surface area contributed by atoms with Gasteiger partial charge in [-0.3, -0.25) is 24.8 Å². The molecule has 140 valence electrons. The number of alkyl halides is 2. The van der Waals surface area contributed by atoms with Crippen LogP contribution in [0.4, 0.5) is 8.78 Å². The molecule has 10 heteroatoms. The van der Waals surface area contributed by atoms with Gasteiger partial charge in [0.05, 0.1) is 16.7 Å². The van der Waals surface area contributed by atoms with Crippen LogP contribution >= 0.6 is 23.4 Å². The standard InChI is InChI=1S/C17H13ClF2N4O2S/c18-12-6-11(27-9-10-4-2-1-3-5-10)8-24-13(12)7-21-15(24)17(26)23-22-16(25)14(19)20/h1-8,14H,9H2,(H,22,25)(H,23,26).